The van der Waals surface area contributed by atoms with Crippen molar-refractivity contribution < 1.29 is 0 Å². The Morgan fingerprint density at radius 1 is 1.00 bits per heavy atom. The molecule has 0 amide bonds. The minimum Gasteiger partial charge on any atom is -0.0872 e. The van der Waals surface area contributed by atoms with Crippen LogP contribution in [0.3, 0.4) is 0 Å². The summed E-state index contributed by atoms with van der Waals surface area (Å²) in [5.74, 6) is 1.61. The minimum atomic E-state index is 0.688. The van der Waals surface area contributed by atoms with Crippen molar-refractivity contribution in [2.24, 2.45) is 11.8 Å². The molecule has 2 aliphatic carbocycles. The third kappa shape index (κ3) is 0.829. The first-order valence-electron chi connectivity index (χ1n) is 3.25. The van der Waals surface area contributed by atoms with E-state index in [4.69, 9.17) is 0 Å². The summed E-state index contributed by atoms with van der Waals surface area (Å²) in [6.45, 7) is 0. The molecule has 0 nitrogen and oxygen atoms in total. The molecular weight excluding hydrogens is 244 g/mol. The molecule has 0 heterocycles. The quantitative estimate of drug-likeness (QED) is 0.459. The molecule has 0 aromatic carbocycles. The minimum absolute atomic E-state index is 0.688. The standard InChI is InChI=1S/C7H8Br2/c8-6-4-1-2-5(3-4)7(6)9/h1-2,4-7H,3H2/t4-,5+,6+,7-. The van der Waals surface area contributed by atoms with E-state index in [9.17, 15) is 0 Å². The smallest absolute Gasteiger partial charge is 0.0339 e. The maximum Gasteiger partial charge on any atom is 0.0339 e. The van der Waals surface area contributed by atoms with Gasteiger partial charge in [0.25, 0.3) is 0 Å². The van der Waals surface area contributed by atoms with E-state index >= 15 is 0 Å². The molecule has 0 aliphatic heterocycles. The monoisotopic (exact) mass is 250 g/mol. The fourth-order valence-electron chi connectivity index (χ4n) is 1.70. The Labute approximate surface area is 72.0 Å². The van der Waals surface area contributed by atoms with Gasteiger partial charge in [-0.15, -0.1) is 0 Å². The second-order valence-corrected chi connectivity index (χ2v) is 4.95. The van der Waals surface area contributed by atoms with Crippen LogP contribution >= 0.6 is 31.9 Å². The summed E-state index contributed by atoms with van der Waals surface area (Å²) in [6.07, 6.45) is 6.02. The maximum atomic E-state index is 3.66. The van der Waals surface area contributed by atoms with Crippen molar-refractivity contribution in [2.75, 3.05) is 0 Å². The Hall–Kier alpha value is 0.700. The van der Waals surface area contributed by atoms with Crippen LogP contribution in [-0.4, -0.2) is 9.65 Å². The summed E-state index contributed by atoms with van der Waals surface area (Å²) in [7, 11) is 0. The number of hydrogen-bond acceptors (Lipinski definition) is 0. The molecule has 2 aliphatic rings. The van der Waals surface area contributed by atoms with E-state index < -0.39 is 0 Å². The number of alkyl halides is 2. The summed E-state index contributed by atoms with van der Waals surface area (Å²) < 4.78 is 0. The first kappa shape index (κ1) is 6.41. The highest BCUT2D eigenvalue weighted by molar-refractivity contribution is 9.12. The molecule has 50 valence electrons. The molecule has 2 rings (SSSR count). The number of rotatable bonds is 0. The van der Waals surface area contributed by atoms with E-state index in [2.05, 4.69) is 44.0 Å². The summed E-state index contributed by atoms with van der Waals surface area (Å²) in [5.41, 5.74) is 0. The fraction of sp³-hybridized carbons (Fsp3) is 0.714. The molecule has 2 bridgehead atoms. The normalized spacial score (nSPS) is 54.9. The Kier molecular flexibility index (Phi) is 1.49. The lowest BCUT2D eigenvalue weighted by Crippen LogP contribution is -2.18. The van der Waals surface area contributed by atoms with E-state index in [0.29, 0.717) is 9.65 Å². The SMILES string of the molecule is Br[C@@H]1[C@H](Br)[C@H]2C=C[C@@H]1C2. The lowest BCUT2D eigenvalue weighted by atomic mass is 10.1. The maximum absolute atomic E-state index is 3.66. The number of halogens is 2. The van der Waals surface area contributed by atoms with Crippen LogP contribution in [0.5, 0.6) is 0 Å². The van der Waals surface area contributed by atoms with E-state index in [1.54, 1.807) is 0 Å². The van der Waals surface area contributed by atoms with Crippen LogP contribution in [0.1, 0.15) is 6.42 Å². The second-order valence-electron chi connectivity index (χ2n) is 2.84. The third-order valence-electron chi connectivity index (χ3n) is 2.27. The van der Waals surface area contributed by atoms with Crippen LogP contribution in [0.15, 0.2) is 12.2 Å². The first-order chi connectivity index (χ1) is 4.29. The van der Waals surface area contributed by atoms with Gasteiger partial charge in [0.05, 0.1) is 0 Å². The Morgan fingerprint density at radius 3 is 1.67 bits per heavy atom. The average molecular weight is 252 g/mol. The van der Waals surface area contributed by atoms with Crippen LogP contribution in [0, 0.1) is 11.8 Å². The first-order valence-corrected chi connectivity index (χ1v) is 5.08. The highest BCUT2D eigenvalue weighted by Crippen LogP contribution is 2.46. The number of hydrogen-bond donors (Lipinski definition) is 0. The van der Waals surface area contributed by atoms with Crippen molar-refractivity contribution in [3.8, 4) is 0 Å². The second kappa shape index (κ2) is 2.09. The van der Waals surface area contributed by atoms with Gasteiger partial charge in [0, 0.05) is 9.65 Å². The van der Waals surface area contributed by atoms with E-state index in [-0.39, 0.29) is 0 Å². The van der Waals surface area contributed by atoms with Crippen LogP contribution in [-0.2, 0) is 0 Å². The molecule has 1 fully saturated rings. The van der Waals surface area contributed by atoms with Gasteiger partial charge in [-0.05, 0) is 18.3 Å². The molecule has 1 saturated carbocycles. The Bertz CT molecular complexity index is 137. The third-order valence-corrected chi connectivity index (χ3v) is 5.48. The number of allylic oxidation sites excluding steroid dienone is 2. The van der Waals surface area contributed by atoms with Gasteiger partial charge < -0.3 is 0 Å². The fourth-order valence-corrected chi connectivity index (χ4v) is 3.27. The highest BCUT2D eigenvalue weighted by atomic mass is 79.9. The van der Waals surface area contributed by atoms with Gasteiger partial charge in [-0.1, -0.05) is 44.0 Å². The molecule has 2 heteroatoms. The van der Waals surface area contributed by atoms with E-state index in [1.807, 2.05) is 0 Å². The van der Waals surface area contributed by atoms with Crippen molar-refractivity contribution in [3.63, 3.8) is 0 Å². The van der Waals surface area contributed by atoms with E-state index in [0.717, 1.165) is 11.8 Å². The summed E-state index contributed by atoms with van der Waals surface area (Å²) in [4.78, 5) is 1.38. The van der Waals surface area contributed by atoms with Crippen molar-refractivity contribution in [2.45, 2.75) is 16.1 Å². The molecule has 0 radical (unpaired) electrons. The zero-order valence-corrected chi connectivity index (χ0v) is 8.10. The van der Waals surface area contributed by atoms with Crippen LogP contribution in [0.2, 0.25) is 0 Å². The van der Waals surface area contributed by atoms with Crippen LogP contribution < -0.4 is 0 Å². The highest BCUT2D eigenvalue weighted by Gasteiger charge is 2.41. The molecule has 0 aromatic heterocycles. The summed E-state index contributed by atoms with van der Waals surface area (Å²) in [6, 6.07) is 0. The Balaban J connectivity index is 2.26. The van der Waals surface area contributed by atoms with Crippen LogP contribution in [0.25, 0.3) is 0 Å². The predicted molar refractivity (Wildman–Crippen MR) is 46.2 cm³/mol. The number of fused-ring (bicyclic) bond motifs is 2. The molecule has 0 N–H and O–H groups in total. The van der Waals surface area contributed by atoms with Gasteiger partial charge in [0.2, 0.25) is 0 Å². The zero-order valence-electron chi connectivity index (χ0n) is 4.93. The molecule has 0 aromatic rings. The molecule has 0 spiro atoms. The molecular formula is C7H8Br2. The van der Waals surface area contributed by atoms with Gasteiger partial charge in [-0.3, -0.25) is 0 Å². The van der Waals surface area contributed by atoms with Gasteiger partial charge in [-0.25, -0.2) is 0 Å². The lowest BCUT2D eigenvalue weighted by Gasteiger charge is -2.16. The van der Waals surface area contributed by atoms with Crippen molar-refractivity contribution in [3.05, 3.63) is 12.2 Å². The van der Waals surface area contributed by atoms with Crippen molar-refractivity contribution in [1.29, 1.82) is 0 Å². The molecule has 9 heavy (non-hydrogen) atoms. The van der Waals surface area contributed by atoms with Gasteiger partial charge in [0.1, 0.15) is 0 Å². The van der Waals surface area contributed by atoms with E-state index in [1.165, 1.54) is 6.42 Å². The van der Waals surface area contributed by atoms with Crippen molar-refractivity contribution >= 4 is 31.9 Å². The van der Waals surface area contributed by atoms with Crippen LogP contribution in [0.4, 0.5) is 0 Å². The lowest BCUT2D eigenvalue weighted by molar-refractivity contribution is 0.699. The molecule has 0 saturated heterocycles. The largest absolute Gasteiger partial charge is 0.0872 e. The summed E-state index contributed by atoms with van der Waals surface area (Å²) in [5, 5.41) is 0. The zero-order chi connectivity index (χ0) is 6.43. The molecule has 0 unspecified atom stereocenters. The Morgan fingerprint density at radius 2 is 1.44 bits per heavy atom. The molecule has 4 atom stereocenters. The predicted octanol–water partition coefficient (Wildman–Crippen LogP) is 2.72. The van der Waals surface area contributed by atoms with Crippen molar-refractivity contribution in [1.82, 2.24) is 0 Å². The van der Waals surface area contributed by atoms with Gasteiger partial charge in [-0.2, -0.15) is 0 Å². The summed E-state index contributed by atoms with van der Waals surface area (Å²) >= 11 is 7.33. The van der Waals surface area contributed by atoms with Gasteiger partial charge >= 0.3 is 0 Å². The average Bonchev–Trinajstić information content (AvgIpc) is 2.37. The van der Waals surface area contributed by atoms with Gasteiger partial charge in [0.15, 0.2) is 0 Å². The topological polar surface area (TPSA) is 0 Å².